The fraction of sp³-hybridized carbons (Fsp3) is 0.304. The molecule has 2 aliphatic rings. The van der Waals surface area contributed by atoms with Gasteiger partial charge in [0.2, 0.25) is 5.91 Å². The van der Waals surface area contributed by atoms with E-state index in [0.29, 0.717) is 30.7 Å². The number of carbonyl (C=O) groups excluding carboxylic acids is 2. The van der Waals surface area contributed by atoms with Gasteiger partial charge >= 0.3 is 0 Å². The van der Waals surface area contributed by atoms with E-state index in [1.54, 1.807) is 12.1 Å². The lowest BCUT2D eigenvalue weighted by Gasteiger charge is -2.34. The van der Waals surface area contributed by atoms with Crippen molar-refractivity contribution in [2.75, 3.05) is 6.61 Å². The zero-order valence-corrected chi connectivity index (χ0v) is 15.7. The molecule has 2 unspecified atom stereocenters. The molecule has 144 valence electrons. The van der Waals surface area contributed by atoms with Crippen LogP contribution in [0.4, 0.5) is 4.39 Å². The number of benzene rings is 2. The number of amides is 1. The highest BCUT2D eigenvalue weighted by molar-refractivity contribution is 6.02. The number of Topliss-reactive ketones (excluding diaryl/α,β-unsaturated/α-hetero) is 1. The number of ether oxygens (including phenoxy) is 1. The summed E-state index contributed by atoms with van der Waals surface area (Å²) in [4.78, 5) is 25.4. The van der Waals surface area contributed by atoms with Gasteiger partial charge in [-0.05, 0) is 54.7 Å². The van der Waals surface area contributed by atoms with Crippen LogP contribution >= 0.6 is 0 Å². The average Bonchev–Trinajstić information content (AvgIpc) is 2.68. The van der Waals surface area contributed by atoms with E-state index in [1.807, 2.05) is 31.2 Å². The van der Waals surface area contributed by atoms with Crippen LogP contribution in [0, 0.1) is 5.82 Å². The molecule has 1 amide bonds. The molecule has 0 fully saturated rings. The smallest absolute Gasteiger partial charge is 0.225 e. The first kappa shape index (κ1) is 18.4. The lowest BCUT2D eigenvalue weighted by Crippen LogP contribution is -2.38. The summed E-state index contributed by atoms with van der Waals surface area (Å²) < 4.78 is 18.8. The van der Waals surface area contributed by atoms with Crippen LogP contribution in [0.15, 0.2) is 59.8 Å². The first-order valence-corrected chi connectivity index (χ1v) is 9.59. The Kier molecular flexibility index (Phi) is 4.99. The first-order chi connectivity index (χ1) is 13.5. The Morgan fingerprint density at radius 3 is 2.57 bits per heavy atom. The maximum Gasteiger partial charge on any atom is 0.225 e. The molecular weight excluding hydrogens is 357 g/mol. The van der Waals surface area contributed by atoms with Gasteiger partial charge in [0.05, 0.1) is 6.61 Å². The Labute approximate surface area is 163 Å². The zero-order chi connectivity index (χ0) is 19.7. The second kappa shape index (κ2) is 7.58. The molecule has 0 spiro atoms. The highest BCUT2D eigenvalue weighted by Crippen LogP contribution is 2.43. The normalized spacial score (nSPS) is 21.9. The van der Waals surface area contributed by atoms with Gasteiger partial charge in [0.25, 0.3) is 0 Å². The summed E-state index contributed by atoms with van der Waals surface area (Å²) in [5.74, 6) is 0.0820. The van der Waals surface area contributed by atoms with Crippen molar-refractivity contribution in [1.82, 2.24) is 5.32 Å². The second-order valence-corrected chi connectivity index (χ2v) is 7.28. The molecule has 0 saturated carbocycles. The Hall–Kier alpha value is -2.95. The molecule has 2 atom stereocenters. The number of rotatable bonds is 4. The maximum atomic E-state index is 13.2. The predicted octanol–water partition coefficient (Wildman–Crippen LogP) is 4.23. The van der Waals surface area contributed by atoms with Gasteiger partial charge in [0.15, 0.2) is 5.78 Å². The van der Waals surface area contributed by atoms with Crippen LogP contribution in [-0.4, -0.2) is 18.3 Å². The van der Waals surface area contributed by atoms with E-state index in [2.05, 4.69) is 5.32 Å². The molecule has 1 aliphatic carbocycles. The molecule has 0 aromatic heterocycles. The number of carbonyl (C=O) groups is 2. The van der Waals surface area contributed by atoms with Gasteiger partial charge in [-0.25, -0.2) is 4.39 Å². The molecule has 2 aromatic carbocycles. The van der Waals surface area contributed by atoms with Crippen LogP contribution in [0.1, 0.15) is 49.1 Å². The van der Waals surface area contributed by atoms with E-state index < -0.39 is 0 Å². The molecule has 0 radical (unpaired) electrons. The Morgan fingerprint density at radius 1 is 1.04 bits per heavy atom. The van der Waals surface area contributed by atoms with Crippen molar-refractivity contribution in [2.45, 2.75) is 38.0 Å². The lowest BCUT2D eigenvalue weighted by atomic mass is 9.73. The van der Waals surface area contributed by atoms with E-state index >= 15 is 0 Å². The van der Waals surface area contributed by atoms with Gasteiger partial charge < -0.3 is 10.1 Å². The average molecular weight is 379 g/mol. The number of allylic oxidation sites excluding steroid dienone is 2. The van der Waals surface area contributed by atoms with E-state index in [1.165, 1.54) is 12.1 Å². The summed E-state index contributed by atoms with van der Waals surface area (Å²) in [5.41, 5.74) is 3.23. The van der Waals surface area contributed by atoms with Crippen LogP contribution in [0.5, 0.6) is 5.75 Å². The van der Waals surface area contributed by atoms with Gasteiger partial charge in [0.1, 0.15) is 11.6 Å². The highest BCUT2D eigenvalue weighted by Gasteiger charge is 2.38. The fourth-order valence-electron chi connectivity index (χ4n) is 4.20. The van der Waals surface area contributed by atoms with E-state index in [9.17, 15) is 14.0 Å². The number of hydrogen-bond donors (Lipinski definition) is 1. The minimum Gasteiger partial charge on any atom is -0.494 e. The third-order valence-electron chi connectivity index (χ3n) is 5.45. The van der Waals surface area contributed by atoms with Crippen molar-refractivity contribution in [3.63, 3.8) is 0 Å². The second-order valence-electron chi connectivity index (χ2n) is 7.28. The summed E-state index contributed by atoms with van der Waals surface area (Å²) in [6, 6.07) is 13.9. The van der Waals surface area contributed by atoms with Gasteiger partial charge in [-0.2, -0.15) is 0 Å². The number of ketones is 1. The molecule has 0 saturated heterocycles. The van der Waals surface area contributed by atoms with Gasteiger partial charge in [-0.3, -0.25) is 9.59 Å². The van der Waals surface area contributed by atoms with E-state index in [4.69, 9.17) is 4.74 Å². The van der Waals surface area contributed by atoms with Crippen molar-refractivity contribution in [3.8, 4) is 5.75 Å². The summed E-state index contributed by atoms with van der Waals surface area (Å²) in [6.45, 7) is 2.47. The van der Waals surface area contributed by atoms with Crippen molar-refractivity contribution in [3.05, 3.63) is 76.7 Å². The quantitative estimate of drug-likeness (QED) is 0.865. The molecule has 1 N–H and O–H groups in total. The summed E-state index contributed by atoms with van der Waals surface area (Å²) in [5, 5.41) is 2.91. The molecule has 4 rings (SSSR count). The summed E-state index contributed by atoms with van der Waals surface area (Å²) >= 11 is 0. The molecule has 0 bridgehead atoms. The zero-order valence-electron chi connectivity index (χ0n) is 15.7. The minimum absolute atomic E-state index is 0.0439. The lowest BCUT2D eigenvalue weighted by molar-refractivity contribution is -0.122. The van der Waals surface area contributed by atoms with Gasteiger partial charge in [-0.1, -0.05) is 24.3 Å². The van der Waals surface area contributed by atoms with E-state index in [0.717, 1.165) is 16.9 Å². The summed E-state index contributed by atoms with van der Waals surface area (Å²) in [7, 11) is 0. The van der Waals surface area contributed by atoms with Crippen LogP contribution in [0.2, 0.25) is 0 Å². The Bertz CT molecular complexity index is 949. The minimum atomic E-state index is -0.300. The van der Waals surface area contributed by atoms with Gasteiger partial charge in [0, 0.05) is 30.0 Å². The van der Waals surface area contributed by atoms with Crippen molar-refractivity contribution in [2.24, 2.45) is 0 Å². The fourth-order valence-corrected chi connectivity index (χ4v) is 4.20. The SMILES string of the molecule is CCOc1cccc(C2CC(=O)NC3=C2C(=O)CC(c2ccc(F)cc2)C3)c1. The Morgan fingerprint density at radius 2 is 1.82 bits per heavy atom. The third-order valence-corrected chi connectivity index (χ3v) is 5.45. The van der Waals surface area contributed by atoms with Crippen molar-refractivity contribution < 1.29 is 18.7 Å². The van der Waals surface area contributed by atoms with Crippen LogP contribution in [-0.2, 0) is 9.59 Å². The molecule has 28 heavy (non-hydrogen) atoms. The first-order valence-electron chi connectivity index (χ1n) is 9.59. The Balaban J connectivity index is 1.68. The molecule has 4 nitrogen and oxygen atoms in total. The molecule has 1 heterocycles. The van der Waals surface area contributed by atoms with Gasteiger partial charge in [-0.15, -0.1) is 0 Å². The number of hydrogen-bond acceptors (Lipinski definition) is 3. The molecule has 5 heteroatoms. The van der Waals surface area contributed by atoms with E-state index in [-0.39, 0.29) is 35.8 Å². The summed E-state index contributed by atoms with van der Waals surface area (Å²) in [6.07, 6.45) is 1.18. The monoisotopic (exact) mass is 379 g/mol. The van der Waals surface area contributed by atoms with Crippen LogP contribution in [0.25, 0.3) is 0 Å². The van der Waals surface area contributed by atoms with Crippen LogP contribution < -0.4 is 10.1 Å². The standard InChI is InChI=1S/C23H22FNO3/c1-2-28-18-5-3-4-15(10-18)19-13-22(27)25-20-11-16(12-21(26)23(19)20)14-6-8-17(24)9-7-14/h3-10,16,19H,2,11-13H2,1H3,(H,25,27). The largest absolute Gasteiger partial charge is 0.494 e. The molecule has 2 aromatic rings. The predicted molar refractivity (Wildman–Crippen MR) is 104 cm³/mol. The van der Waals surface area contributed by atoms with Crippen molar-refractivity contribution >= 4 is 11.7 Å². The molecule has 1 aliphatic heterocycles. The highest BCUT2D eigenvalue weighted by atomic mass is 19.1. The van der Waals surface area contributed by atoms with Crippen LogP contribution in [0.3, 0.4) is 0 Å². The maximum absolute atomic E-state index is 13.2. The third kappa shape index (κ3) is 3.57. The molecular formula is C23H22FNO3. The number of halogens is 1. The van der Waals surface area contributed by atoms with Crippen molar-refractivity contribution in [1.29, 1.82) is 0 Å². The number of nitrogens with one attached hydrogen (secondary N) is 1. The topological polar surface area (TPSA) is 55.4 Å².